The summed E-state index contributed by atoms with van der Waals surface area (Å²) in [5, 5.41) is 0. The molecule has 27 heavy (non-hydrogen) atoms. The minimum atomic E-state index is -1.47. The quantitative estimate of drug-likeness (QED) is 0.418. The maximum atomic E-state index is 14.2. The van der Waals surface area contributed by atoms with E-state index >= 15 is 0 Å². The molecule has 0 spiro atoms. The van der Waals surface area contributed by atoms with Crippen molar-refractivity contribution in [2.45, 2.75) is 6.61 Å². The molecule has 6 nitrogen and oxygen atoms in total. The normalized spacial score (nSPS) is 10.9. The Labute approximate surface area is 153 Å². The highest BCUT2D eigenvalue weighted by molar-refractivity contribution is 5.93. The molecule has 0 unspecified atom stereocenters. The third-order valence-corrected chi connectivity index (χ3v) is 3.30. The van der Waals surface area contributed by atoms with Gasteiger partial charge in [-0.05, 0) is 17.7 Å². The Morgan fingerprint density at radius 1 is 1.04 bits per heavy atom. The molecule has 8 heteroatoms. The van der Waals surface area contributed by atoms with Crippen molar-refractivity contribution in [3.8, 4) is 5.75 Å². The molecule has 0 fully saturated rings. The van der Waals surface area contributed by atoms with E-state index in [1.165, 1.54) is 7.11 Å². The highest BCUT2D eigenvalue weighted by Gasteiger charge is 2.25. The number of ether oxygens (including phenoxy) is 4. The molecule has 0 aromatic heterocycles. The van der Waals surface area contributed by atoms with E-state index < -0.39 is 40.6 Å². The molecule has 2 aromatic rings. The highest BCUT2D eigenvalue weighted by atomic mass is 19.2. The predicted molar refractivity (Wildman–Crippen MR) is 89.7 cm³/mol. The molecule has 0 heterocycles. The van der Waals surface area contributed by atoms with Crippen molar-refractivity contribution in [1.29, 1.82) is 0 Å². The second kappa shape index (κ2) is 9.33. The van der Waals surface area contributed by atoms with Crippen molar-refractivity contribution in [2.75, 3.05) is 14.2 Å². The van der Waals surface area contributed by atoms with E-state index in [-0.39, 0.29) is 6.61 Å². The zero-order valence-corrected chi connectivity index (χ0v) is 14.5. The second-order valence-corrected chi connectivity index (χ2v) is 5.11. The largest absolute Gasteiger partial charge is 0.500 e. The number of rotatable bonds is 7. The molecule has 0 aliphatic rings. The first kappa shape index (κ1) is 19.9. The molecule has 142 valence electrons. The first-order chi connectivity index (χ1) is 13.0. The topological polar surface area (TPSA) is 71.1 Å². The van der Waals surface area contributed by atoms with Gasteiger partial charge >= 0.3 is 11.9 Å². The lowest BCUT2D eigenvalue weighted by Crippen LogP contribution is -2.15. The Morgan fingerprint density at radius 2 is 1.74 bits per heavy atom. The third-order valence-electron chi connectivity index (χ3n) is 3.30. The van der Waals surface area contributed by atoms with E-state index in [1.807, 2.05) is 0 Å². The molecular formula is C19H16F2O6. The van der Waals surface area contributed by atoms with Crippen LogP contribution in [0.25, 0.3) is 0 Å². The van der Waals surface area contributed by atoms with Crippen molar-refractivity contribution in [3.63, 3.8) is 0 Å². The maximum absolute atomic E-state index is 14.2. The number of halogens is 2. The summed E-state index contributed by atoms with van der Waals surface area (Å²) in [6.07, 6.45) is 0.895. The Hall–Kier alpha value is -3.42. The van der Waals surface area contributed by atoms with Crippen LogP contribution < -0.4 is 4.74 Å². The zero-order valence-electron chi connectivity index (χ0n) is 14.5. The van der Waals surface area contributed by atoms with Gasteiger partial charge in [0.2, 0.25) is 5.76 Å². The van der Waals surface area contributed by atoms with Crippen molar-refractivity contribution >= 4 is 11.9 Å². The minimum Gasteiger partial charge on any atom is -0.500 e. The third kappa shape index (κ3) is 5.04. The average Bonchev–Trinajstić information content (AvgIpc) is 2.68. The van der Waals surface area contributed by atoms with Gasteiger partial charge in [0.25, 0.3) is 0 Å². The first-order valence-electron chi connectivity index (χ1n) is 7.66. The summed E-state index contributed by atoms with van der Waals surface area (Å²) in [7, 11) is 2.34. The van der Waals surface area contributed by atoms with E-state index in [1.54, 1.807) is 30.3 Å². The summed E-state index contributed by atoms with van der Waals surface area (Å²) >= 11 is 0. The molecule has 0 atom stereocenters. The Balaban J connectivity index is 2.31. The Morgan fingerprint density at radius 3 is 2.37 bits per heavy atom. The molecule has 0 radical (unpaired) electrons. The fraction of sp³-hybridized carbons (Fsp3) is 0.158. The van der Waals surface area contributed by atoms with Crippen LogP contribution in [-0.4, -0.2) is 26.2 Å². The fourth-order valence-electron chi connectivity index (χ4n) is 2.04. The number of carbonyl (C=O) groups is 2. The molecular weight excluding hydrogens is 362 g/mol. The van der Waals surface area contributed by atoms with Crippen LogP contribution in [-0.2, 0) is 25.6 Å². The Kier molecular flexibility index (Phi) is 6.87. The van der Waals surface area contributed by atoms with Gasteiger partial charge in [0, 0.05) is 0 Å². The standard InChI is InChI=1S/C19H16F2O6/c1-24-11-15(18(22)25-2)27-14-9-8-13(20)17(21)16(14)19(23)26-10-12-6-4-3-5-7-12/h3-9,11H,10H2,1-2H3/b15-11+. The van der Waals surface area contributed by atoms with Crippen LogP contribution in [0, 0.1) is 11.6 Å². The summed E-state index contributed by atoms with van der Waals surface area (Å²) in [4.78, 5) is 24.0. The molecule has 0 N–H and O–H groups in total. The number of carbonyl (C=O) groups excluding carboxylic acids is 2. The number of hydrogen-bond acceptors (Lipinski definition) is 6. The molecule has 0 aliphatic heterocycles. The number of hydrogen-bond donors (Lipinski definition) is 0. The van der Waals surface area contributed by atoms with Gasteiger partial charge in [-0.1, -0.05) is 30.3 Å². The van der Waals surface area contributed by atoms with Gasteiger partial charge in [0.05, 0.1) is 14.2 Å². The maximum Gasteiger partial charge on any atom is 0.377 e. The van der Waals surface area contributed by atoms with Crippen molar-refractivity contribution in [3.05, 3.63) is 77.2 Å². The van der Waals surface area contributed by atoms with Gasteiger partial charge in [0.1, 0.15) is 24.2 Å². The molecule has 0 saturated heterocycles. The molecule has 0 saturated carbocycles. The van der Waals surface area contributed by atoms with Crippen LogP contribution in [0.15, 0.2) is 54.5 Å². The van der Waals surface area contributed by atoms with E-state index in [2.05, 4.69) is 9.47 Å². The molecule has 2 rings (SSSR count). The summed E-state index contributed by atoms with van der Waals surface area (Å²) in [5.41, 5.74) is -0.142. The summed E-state index contributed by atoms with van der Waals surface area (Å²) < 4.78 is 47.3. The highest BCUT2D eigenvalue weighted by Crippen LogP contribution is 2.27. The van der Waals surface area contributed by atoms with Crippen molar-refractivity contribution < 1.29 is 37.3 Å². The van der Waals surface area contributed by atoms with E-state index in [0.717, 1.165) is 25.5 Å². The lowest BCUT2D eigenvalue weighted by Gasteiger charge is -2.13. The van der Waals surface area contributed by atoms with Crippen LogP contribution >= 0.6 is 0 Å². The number of methoxy groups -OCH3 is 2. The van der Waals surface area contributed by atoms with Gasteiger partial charge in [-0.3, -0.25) is 0 Å². The minimum absolute atomic E-state index is 0.160. The summed E-state index contributed by atoms with van der Waals surface area (Å²) in [6.45, 7) is -0.160. The van der Waals surface area contributed by atoms with E-state index in [0.29, 0.717) is 5.56 Å². The van der Waals surface area contributed by atoms with Gasteiger partial charge < -0.3 is 18.9 Å². The van der Waals surface area contributed by atoms with Crippen molar-refractivity contribution in [2.24, 2.45) is 0 Å². The molecule has 0 amide bonds. The van der Waals surface area contributed by atoms with Crippen molar-refractivity contribution in [1.82, 2.24) is 0 Å². The molecule has 0 aliphatic carbocycles. The van der Waals surface area contributed by atoms with Gasteiger partial charge in [-0.15, -0.1) is 0 Å². The van der Waals surface area contributed by atoms with Crippen LogP contribution in [0.1, 0.15) is 15.9 Å². The molecule has 2 aromatic carbocycles. The monoisotopic (exact) mass is 378 g/mol. The fourth-order valence-corrected chi connectivity index (χ4v) is 2.04. The Bertz CT molecular complexity index is 849. The summed E-state index contributed by atoms with van der Waals surface area (Å²) in [6, 6.07) is 10.4. The smallest absolute Gasteiger partial charge is 0.377 e. The summed E-state index contributed by atoms with van der Waals surface area (Å²) in [5.74, 6) is -5.74. The van der Waals surface area contributed by atoms with Gasteiger partial charge in [-0.25, -0.2) is 18.4 Å². The van der Waals surface area contributed by atoms with Crippen LogP contribution in [0.2, 0.25) is 0 Å². The SMILES string of the molecule is CO/C=C(/Oc1ccc(F)c(F)c1C(=O)OCc1ccccc1)C(=O)OC. The van der Waals surface area contributed by atoms with E-state index in [9.17, 15) is 18.4 Å². The van der Waals surface area contributed by atoms with Gasteiger partial charge in [0.15, 0.2) is 11.6 Å². The van der Waals surface area contributed by atoms with Crippen LogP contribution in [0.5, 0.6) is 5.75 Å². The second-order valence-electron chi connectivity index (χ2n) is 5.11. The lowest BCUT2D eigenvalue weighted by atomic mass is 10.1. The zero-order chi connectivity index (χ0) is 19.8. The predicted octanol–water partition coefficient (Wildman–Crippen LogP) is 3.36. The average molecular weight is 378 g/mol. The number of esters is 2. The molecule has 0 bridgehead atoms. The van der Waals surface area contributed by atoms with Crippen LogP contribution in [0.4, 0.5) is 8.78 Å². The van der Waals surface area contributed by atoms with Crippen LogP contribution in [0.3, 0.4) is 0 Å². The van der Waals surface area contributed by atoms with E-state index in [4.69, 9.17) is 9.47 Å². The number of benzene rings is 2. The van der Waals surface area contributed by atoms with Gasteiger partial charge in [-0.2, -0.15) is 0 Å². The first-order valence-corrected chi connectivity index (χ1v) is 7.66. The lowest BCUT2D eigenvalue weighted by molar-refractivity contribution is -0.138.